The Morgan fingerprint density at radius 2 is 2.20 bits per heavy atom. The molecule has 0 radical (unpaired) electrons. The number of benzene rings is 1. The Bertz CT molecular complexity index is 342. The normalized spacial score (nSPS) is 25.3. The van der Waals surface area contributed by atoms with Crippen LogP contribution in [0.2, 0.25) is 0 Å². The maximum Gasteiger partial charge on any atom is 0.115 e. The van der Waals surface area contributed by atoms with Crippen molar-refractivity contribution in [1.29, 1.82) is 0 Å². The second-order valence-electron chi connectivity index (χ2n) is 4.83. The van der Waals surface area contributed by atoms with E-state index in [1.165, 1.54) is 12.0 Å². The van der Waals surface area contributed by atoms with Gasteiger partial charge in [0.2, 0.25) is 0 Å². The SMILES string of the molecule is CC(C)C1(Cc2cccc(O)c2)CCN1. The van der Waals surface area contributed by atoms with Crippen LogP contribution in [-0.4, -0.2) is 17.2 Å². The summed E-state index contributed by atoms with van der Waals surface area (Å²) in [6.07, 6.45) is 2.25. The molecule has 0 aliphatic carbocycles. The maximum absolute atomic E-state index is 9.42. The molecule has 82 valence electrons. The molecule has 1 heterocycles. The third-order valence-electron chi connectivity index (χ3n) is 3.58. The zero-order valence-corrected chi connectivity index (χ0v) is 9.46. The van der Waals surface area contributed by atoms with E-state index in [0.717, 1.165) is 13.0 Å². The van der Waals surface area contributed by atoms with Gasteiger partial charge in [0.1, 0.15) is 5.75 Å². The van der Waals surface area contributed by atoms with Gasteiger partial charge in [0, 0.05) is 5.54 Å². The fourth-order valence-electron chi connectivity index (χ4n) is 2.32. The number of hydrogen-bond donors (Lipinski definition) is 2. The van der Waals surface area contributed by atoms with Gasteiger partial charge in [-0.2, -0.15) is 0 Å². The Morgan fingerprint density at radius 3 is 2.67 bits per heavy atom. The number of aromatic hydroxyl groups is 1. The van der Waals surface area contributed by atoms with Crippen molar-refractivity contribution in [2.45, 2.75) is 32.2 Å². The van der Waals surface area contributed by atoms with Crippen LogP contribution in [0.25, 0.3) is 0 Å². The Labute approximate surface area is 91.3 Å². The van der Waals surface area contributed by atoms with Crippen LogP contribution >= 0.6 is 0 Å². The molecule has 0 amide bonds. The minimum Gasteiger partial charge on any atom is -0.508 e. The number of hydrogen-bond acceptors (Lipinski definition) is 2. The molecule has 2 heteroatoms. The lowest BCUT2D eigenvalue weighted by Gasteiger charge is -2.47. The van der Waals surface area contributed by atoms with Crippen molar-refractivity contribution < 1.29 is 5.11 Å². The third-order valence-corrected chi connectivity index (χ3v) is 3.58. The van der Waals surface area contributed by atoms with Gasteiger partial charge in [0.15, 0.2) is 0 Å². The van der Waals surface area contributed by atoms with Crippen molar-refractivity contribution in [3.05, 3.63) is 29.8 Å². The van der Waals surface area contributed by atoms with E-state index in [1.54, 1.807) is 6.07 Å². The lowest BCUT2D eigenvalue weighted by molar-refractivity contribution is 0.139. The molecule has 0 saturated carbocycles. The molecular formula is C13H19NO. The molecule has 2 rings (SSSR count). The van der Waals surface area contributed by atoms with E-state index in [9.17, 15) is 5.11 Å². The van der Waals surface area contributed by atoms with E-state index in [0.29, 0.717) is 11.7 Å². The van der Waals surface area contributed by atoms with Crippen LogP contribution in [0.15, 0.2) is 24.3 Å². The van der Waals surface area contributed by atoms with Gasteiger partial charge < -0.3 is 10.4 Å². The van der Waals surface area contributed by atoms with Crippen molar-refractivity contribution in [1.82, 2.24) is 5.32 Å². The van der Waals surface area contributed by atoms with Gasteiger partial charge >= 0.3 is 0 Å². The highest BCUT2D eigenvalue weighted by molar-refractivity contribution is 5.29. The van der Waals surface area contributed by atoms with Crippen LogP contribution in [0.4, 0.5) is 0 Å². The van der Waals surface area contributed by atoms with Gasteiger partial charge in [0.25, 0.3) is 0 Å². The quantitative estimate of drug-likeness (QED) is 0.793. The van der Waals surface area contributed by atoms with E-state index in [-0.39, 0.29) is 5.54 Å². The van der Waals surface area contributed by atoms with Crippen LogP contribution in [0.1, 0.15) is 25.8 Å². The molecule has 1 aromatic carbocycles. The van der Waals surface area contributed by atoms with Gasteiger partial charge in [-0.1, -0.05) is 26.0 Å². The highest BCUT2D eigenvalue weighted by Crippen LogP contribution is 2.32. The summed E-state index contributed by atoms with van der Waals surface area (Å²) in [7, 11) is 0. The Balaban J connectivity index is 2.13. The Morgan fingerprint density at radius 1 is 1.47 bits per heavy atom. The summed E-state index contributed by atoms with van der Waals surface area (Å²) in [5.74, 6) is 0.999. The van der Waals surface area contributed by atoms with Crippen molar-refractivity contribution in [3.63, 3.8) is 0 Å². The van der Waals surface area contributed by atoms with Gasteiger partial charge in [-0.05, 0) is 43.0 Å². The average molecular weight is 205 g/mol. The van der Waals surface area contributed by atoms with Gasteiger partial charge in [0.05, 0.1) is 0 Å². The van der Waals surface area contributed by atoms with Crippen LogP contribution < -0.4 is 5.32 Å². The summed E-state index contributed by atoms with van der Waals surface area (Å²) in [5, 5.41) is 13.0. The number of phenols is 1. The zero-order chi connectivity index (χ0) is 10.9. The number of nitrogens with one attached hydrogen (secondary N) is 1. The van der Waals surface area contributed by atoms with Crippen LogP contribution in [0.3, 0.4) is 0 Å². The number of rotatable bonds is 3. The van der Waals surface area contributed by atoms with E-state index in [1.807, 2.05) is 12.1 Å². The summed E-state index contributed by atoms with van der Waals surface area (Å²) >= 11 is 0. The van der Waals surface area contributed by atoms with Crippen LogP contribution in [-0.2, 0) is 6.42 Å². The fraction of sp³-hybridized carbons (Fsp3) is 0.538. The largest absolute Gasteiger partial charge is 0.508 e. The minimum absolute atomic E-state index is 0.258. The summed E-state index contributed by atoms with van der Waals surface area (Å²) in [5.41, 5.74) is 1.48. The molecule has 0 aromatic heterocycles. The molecule has 15 heavy (non-hydrogen) atoms. The lowest BCUT2D eigenvalue weighted by Crippen LogP contribution is -2.61. The molecule has 1 aliphatic rings. The molecular weight excluding hydrogens is 186 g/mol. The third kappa shape index (κ3) is 2.00. The monoisotopic (exact) mass is 205 g/mol. The summed E-state index contributed by atoms with van der Waals surface area (Å²) < 4.78 is 0. The Hall–Kier alpha value is -1.02. The molecule has 1 fully saturated rings. The summed E-state index contributed by atoms with van der Waals surface area (Å²) in [4.78, 5) is 0. The lowest BCUT2D eigenvalue weighted by atomic mass is 9.73. The van der Waals surface area contributed by atoms with Crippen molar-refractivity contribution in [2.75, 3.05) is 6.54 Å². The fourth-order valence-corrected chi connectivity index (χ4v) is 2.32. The van der Waals surface area contributed by atoms with Gasteiger partial charge in [-0.25, -0.2) is 0 Å². The van der Waals surface area contributed by atoms with E-state index >= 15 is 0 Å². The standard InChI is InChI=1S/C13H19NO/c1-10(2)13(6-7-14-13)9-11-4-3-5-12(15)8-11/h3-5,8,10,14-15H,6-7,9H2,1-2H3. The maximum atomic E-state index is 9.42. The molecule has 1 atom stereocenters. The number of phenolic OH excluding ortho intramolecular Hbond substituents is 1. The van der Waals surface area contributed by atoms with Crippen molar-refractivity contribution >= 4 is 0 Å². The first-order valence-electron chi connectivity index (χ1n) is 5.65. The van der Waals surface area contributed by atoms with Crippen molar-refractivity contribution in [3.8, 4) is 5.75 Å². The molecule has 0 bridgehead atoms. The van der Waals surface area contributed by atoms with Crippen LogP contribution in [0, 0.1) is 5.92 Å². The van der Waals surface area contributed by atoms with Gasteiger partial charge in [-0.3, -0.25) is 0 Å². The molecule has 1 aromatic rings. The van der Waals surface area contributed by atoms with E-state index in [4.69, 9.17) is 0 Å². The topological polar surface area (TPSA) is 32.3 Å². The summed E-state index contributed by atoms with van der Waals surface area (Å²) in [6.45, 7) is 5.64. The average Bonchev–Trinajstić information content (AvgIpc) is 2.11. The highest BCUT2D eigenvalue weighted by Gasteiger charge is 2.39. The van der Waals surface area contributed by atoms with Gasteiger partial charge in [-0.15, -0.1) is 0 Å². The van der Waals surface area contributed by atoms with Crippen molar-refractivity contribution in [2.24, 2.45) is 5.92 Å². The molecule has 2 N–H and O–H groups in total. The highest BCUT2D eigenvalue weighted by atomic mass is 16.3. The van der Waals surface area contributed by atoms with E-state index < -0.39 is 0 Å². The van der Waals surface area contributed by atoms with E-state index in [2.05, 4.69) is 25.2 Å². The smallest absolute Gasteiger partial charge is 0.115 e. The first-order chi connectivity index (χ1) is 7.12. The predicted octanol–water partition coefficient (Wildman–Crippen LogP) is 2.32. The molecule has 1 aliphatic heterocycles. The summed E-state index contributed by atoms with van der Waals surface area (Å²) in [6, 6.07) is 7.59. The minimum atomic E-state index is 0.258. The first kappa shape index (κ1) is 10.5. The van der Waals surface area contributed by atoms with Crippen LogP contribution in [0.5, 0.6) is 5.75 Å². The first-order valence-corrected chi connectivity index (χ1v) is 5.65. The zero-order valence-electron chi connectivity index (χ0n) is 9.46. The molecule has 1 saturated heterocycles. The second-order valence-corrected chi connectivity index (χ2v) is 4.83. The molecule has 2 nitrogen and oxygen atoms in total. The molecule has 0 spiro atoms. The predicted molar refractivity (Wildman–Crippen MR) is 62.0 cm³/mol. The Kier molecular flexibility index (Phi) is 2.70. The molecule has 1 unspecified atom stereocenters. The second kappa shape index (κ2) is 3.86.